The molecule has 0 unspecified atom stereocenters. The summed E-state index contributed by atoms with van der Waals surface area (Å²) in [5, 5.41) is 6.68. The molecule has 0 bridgehead atoms. The normalized spacial score (nSPS) is 10.1. The van der Waals surface area contributed by atoms with Gasteiger partial charge in [0.25, 0.3) is 0 Å². The average Bonchev–Trinajstić information content (AvgIpc) is 2.47. The van der Waals surface area contributed by atoms with Gasteiger partial charge in [0.1, 0.15) is 0 Å². The van der Waals surface area contributed by atoms with Crippen molar-refractivity contribution in [2.45, 2.75) is 6.54 Å². The van der Waals surface area contributed by atoms with E-state index in [-0.39, 0.29) is 12.5 Å². The first-order chi connectivity index (χ1) is 9.65. The first-order valence-corrected chi connectivity index (χ1v) is 6.76. The summed E-state index contributed by atoms with van der Waals surface area (Å²) in [7, 11) is 0. The number of pyridine rings is 1. The van der Waals surface area contributed by atoms with E-state index in [9.17, 15) is 4.79 Å². The summed E-state index contributed by atoms with van der Waals surface area (Å²) < 4.78 is 0. The second-order valence-corrected chi connectivity index (χ2v) is 4.89. The predicted molar refractivity (Wildman–Crippen MR) is 81.0 cm³/mol. The van der Waals surface area contributed by atoms with Crippen LogP contribution in [0.2, 0.25) is 10.0 Å². The van der Waals surface area contributed by atoms with Crippen molar-refractivity contribution in [1.29, 1.82) is 0 Å². The lowest BCUT2D eigenvalue weighted by molar-refractivity contribution is -0.119. The molecule has 104 valence electrons. The second-order valence-electron chi connectivity index (χ2n) is 4.08. The zero-order chi connectivity index (χ0) is 14.4. The molecule has 1 heterocycles. The molecule has 0 aliphatic heterocycles. The molecule has 0 saturated heterocycles. The SMILES string of the molecule is O=C(CNc1ccc(Cl)c(Cl)c1)NCc1ccccn1. The number of nitrogens with zero attached hydrogens (tertiary/aromatic N) is 1. The second kappa shape index (κ2) is 7.12. The fraction of sp³-hybridized carbons (Fsp3) is 0.143. The van der Waals surface area contributed by atoms with E-state index >= 15 is 0 Å². The Kier molecular flexibility index (Phi) is 5.21. The lowest BCUT2D eigenvalue weighted by atomic mass is 10.3. The number of benzene rings is 1. The summed E-state index contributed by atoms with van der Waals surface area (Å²) in [6.45, 7) is 0.563. The maximum Gasteiger partial charge on any atom is 0.239 e. The number of rotatable bonds is 5. The zero-order valence-electron chi connectivity index (χ0n) is 10.6. The Labute approximate surface area is 127 Å². The summed E-state index contributed by atoms with van der Waals surface area (Å²) in [5.74, 6) is -0.123. The van der Waals surface area contributed by atoms with Gasteiger partial charge in [0, 0.05) is 11.9 Å². The topological polar surface area (TPSA) is 54.0 Å². The monoisotopic (exact) mass is 309 g/mol. The van der Waals surface area contributed by atoms with Gasteiger partial charge in [-0.3, -0.25) is 9.78 Å². The third kappa shape index (κ3) is 4.40. The minimum Gasteiger partial charge on any atom is -0.376 e. The molecule has 2 rings (SSSR count). The maximum atomic E-state index is 11.7. The van der Waals surface area contributed by atoms with Crippen molar-refractivity contribution in [2.75, 3.05) is 11.9 Å². The number of hydrogen-bond donors (Lipinski definition) is 2. The van der Waals surface area contributed by atoms with Gasteiger partial charge in [-0.15, -0.1) is 0 Å². The molecule has 6 heteroatoms. The summed E-state index contributed by atoms with van der Waals surface area (Å²) in [6, 6.07) is 10.7. The third-order valence-electron chi connectivity index (χ3n) is 2.57. The average molecular weight is 310 g/mol. The molecule has 0 atom stereocenters. The van der Waals surface area contributed by atoms with Crippen LogP contribution in [0.25, 0.3) is 0 Å². The van der Waals surface area contributed by atoms with Crippen LogP contribution in [0.5, 0.6) is 0 Å². The molecular weight excluding hydrogens is 297 g/mol. The highest BCUT2D eigenvalue weighted by Gasteiger charge is 2.03. The Bertz CT molecular complexity index is 590. The van der Waals surface area contributed by atoms with Crippen LogP contribution < -0.4 is 10.6 Å². The molecule has 20 heavy (non-hydrogen) atoms. The summed E-state index contributed by atoms with van der Waals surface area (Å²) in [5.41, 5.74) is 1.56. The molecule has 1 amide bonds. The number of hydrogen-bond acceptors (Lipinski definition) is 3. The minimum atomic E-state index is -0.123. The van der Waals surface area contributed by atoms with Crippen molar-refractivity contribution in [3.05, 3.63) is 58.3 Å². The highest BCUT2D eigenvalue weighted by molar-refractivity contribution is 6.42. The number of nitrogens with one attached hydrogen (secondary N) is 2. The van der Waals surface area contributed by atoms with E-state index in [1.165, 1.54) is 0 Å². The third-order valence-corrected chi connectivity index (χ3v) is 3.30. The van der Waals surface area contributed by atoms with Crippen molar-refractivity contribution in [2.24, 2.45) is 0 Å². The van der Waals surface area contributed by atoms with E-state index in [4.69, 9.17) is 23.2 Å². The van der Waals surface area contributed by atoms with E-state index in [1.807, 2.05) is 18.2 Å². The standard InChI is InChI=1S/C14H13Cl2N3O/c15-12-5-4-10(7-13(12)16)18-9-14(20)19-8-11-3-1-2-6-17-11/h1-7,18H,8-9H2,(H,19,20). The quantitative estimate of drug-likeness (QED) is 0.892. The van der Waals surface area contributed by atoms with E-state index in [2.05, 4.69) is 15.6 Å². The smallest absolute Gasteiger partial charge is 0.239 e. The van der Waals surface area contributed by atoms with E-state index in [1.54, 1.807) is 24.4 Å². The summed E-state index contributed by atoms with van der Waals surface area (Å²) in [6.07, 6.45) is 1.69. The summed E-state index contributed by atoms with van der Waals surface area (Å²) in [4.78, 5) is 15.8. The molecule has 2 N–H and O–H groups in total. The van der Waals surface area contributed by atoms with Crippen molar-refractivity contribution in [3.63, 3.8) is 0 Å². The van der Waals surface area contributed by atoms with Crippen LogP contribution in [-0.2, 0) is 11.3 Å². The minimum absolute atomic E-state index is 0.123. The Hall–Kier alpha value is -1.78. The number of anilines is 1. The van der Waals surface area contributed by atoms with Crippen LogP contribution in [-0.4, -0.2) is 17.4 Å². The van der Waals surface area contributed by atoms with Gasteiger partial charge < -0.3 is 10.6 Å². The fourth-order valence-electron chi connectivity index (χ4n) is 1.54. The number of aromatic nitrogens is 1. The molecule has 1 aromatic heterocycles. The Morgan fingerprint density at radius 1 is 1.15 bits per heavy atom. The lowest BCUT2D eigenvalue weighted by Crippen LogP contribution is -2.29. The maximum absolute atomic E-state index is 11.7. The molecule has 0 aliphatic carbocycles. The van der Waals surface area contributed by atoms with Crippen molar-refractivity contribution >= 4 is 34.8 Å². The first-order valence-electron chi connectivity index (χ1n) is 6.00. The Balaban J connectivity index is 1.79. The Morgan fingerprint density at radius 2 is 2.00 bits per heavy atom. The van der Waals surface area contributed by atoms with Gasteiger partial charge in [-0.2, -0.15) is 0 Å². The van der Waals surface area contributed by atoms with Gasteiger partial charge in [-0.1, -0.05) is 29.3 Å². The number of carbonyl (C=O) groups excluding carboxylic acids is 1. The van der Waals surface area contributed by atoms with Crippen LogP contribution in [0.4, 0.5) is 5.69 Å². The number of amides is 1. The number of halogens is 2. The van der Waals surface area contributed by atoms with Crippen LogP contribution in [0.3, 0.4) is 0 Å². The van der Waals surface area contributed by atoms with Gasteiger partial charge >= 0.3 is 0 Å². The molecule has 0 aliphatic rings. The van der Waals surface area contributed by atoms with Crippen LogP contribution in [0.1, 0.15) is 5.69 Å². The Morgan fingerprint density at radius 3 is 2.70 bits per heavy atom. The largest absolute Gasteiger partial charge is 0.376 e. The van der Waals surface area contributed by atoms with Crippen molar-refractivity contribution < 1.29 is 4.79 Å². The molecule has 4 nitrogen and oxygen atoms in total. The van der Waals surface area contributed by atoms with E-state index in [0.717, 1.165) is 11.4 Å². The van der Waals surface area contributed by atoms with E-state index < -0.39 is 0 Å². The predicted octanol–water partition coefficient (Wildman–Crippen LogP) is 3.12. The first kappa shape index (κ1) is 14.6. The lowest BCUT2D eigenvalue weighted by Gasteiger charge is -2.08. The van der Waals surface area contributed by atoms with Crippen molar-refractivity contribution in [1.82, 2.24) is 10.3 Å². The van der Waals surface area contributed by atoms with Crippen LogP contribution in [0, 0.1) is 0 Å². The van der Waals surface area contributed by atoms with Crippen LogP contribution >= 0.6 is 23.2 Å². The highest BCUT2D eigenvalue weighted by atomic mass is 35.5. The van der Waals surface area contributed by atoms with Gasteiger partial charge in [-0.05, 0) is 30.3 Å². The molecule has 0 radical (unpaired) electrons. The summed E-state index contributed by atoms with van der Waals surface area (Å²) >= 11 is 11.7. The fourth-order valence-corrected chi connectivity index (χ4v) is 1.84. The zero-order valence-corrected chi connectivity index (χ0v) is 12.1. The van der Waals surface area contributed by atoms with Gasteiger partial charge in [0.15, 0.2) is 0 Å². The molecule has 0 spiro atoms. The molecule has 1 aromatic carbocycles. The number of carbonyl (C=O) groups is 1. The van der Waals surface area contributed by atoms with Gasteiger partial charge in [0.2, 0.25) is 5.91 Å². The van der Waals surface area contributed by atoms with Crippen molar-refractivity contribution in [3.8, 4) is 0 Å². The van der Waals surface area contributed by atoms with Crippen LogP contribution in [0.15, 0.2) is 42.6 Å². The van der Waals surface area contributed by atoms with Gasteiger partial charge in [-0.25, -0.2) is 0 Å². The molecule has 0 saturated carbocycles. The van der Waals surface area contributed by atoms with E-state index in [0.29, 0.717) is 16.6 Å². The molecular formula is C14H13Cl2N3O. The highest BCUT2D eigenvalue weighted by Crippen LogP contribution is 2.24. The molecule has 0 fully saturated rings. The van der Waals surface area contributed by atoms with Gasteiger partial charge in [0.05, 0.1) is 28.8 Å². The molecule has 2 aromatic rings.